The first-order valence-electron chi connectivity index (χ1n) is 10.1. The standard InChI is InChI=1S/C23H22Cl2F2N2O2/c1-11(20(30)28-15-5-7-18(26)19(27)9-15)22-10-23(12(22)2,13(22)3)29-21(31)14-4-6-16(24)17(25)8-14/h4-9,11-13H,10H2,1-3H3,(H,28,30)(H,29,31)/t11-,12-,13-,22?,23?/m1/s1. The topological polar surface area (TPSA) is 58.2 Å². The predicted octanol–water partition coefficient (Wildman–Crippen LogP) is 5.69. The molecule has 0 heterocycles. The predicted molar refractivity (Wildman–Crippen MR) is 116 cm³/mol. The summed E-state index contributed by atoms with van der Waals surface area (Å²) in [6.45, 7) is 5.89. The highest BCUT2D eigenvalue weighted by Crippen LogP contribution is 2.77. The summed E-state index contributed by atoms with van der Waals surface area (Å²) in [5.41, 5.74) is -0.0187. The molecule has 0 saturated heterocycles. The van der Waals surface area contributed by atoms with Crippen LogP contribution in [-0.2, 0) is 4.79 Å². The fourth-order valence-corrected chi connectivity index (χ4v) is 5.92. The Bertz CT molecular complexity index is 1080. The van der Waals surface area contributed by atoms with Crippen LogP contribution in [0, 0.1) is 34.8 Å². The van der Waals surface area contributed by atoms with Crippen molar-refractivity contribution in [2.75, 3.05) is 5.32 Å². The van der Waals surface area contributed by atoms with Crippen molar-refractivity contribution in [3.63, 3.8) is 0 Å². The van der Waals surface area contributed by atoms with Gasteiger partial charge in [0.15, 0.2) is 11.6 Å². The number of carbonyl (C=O) groups excluding carboxylic acids is 2. The summed E-state index contributed by atoms with van der Waals surface area (Å²) in [4.78, 5) is 25.6. The molecule has 0 radical (unpaired) electrons. The number of hydrogen-bond donors (Lipinski definition) is 2. The van der Waals surface area contributed by atoms with Gasteiger partial charge in [0.25, 0.3) is 5.91 Å². The fourth-order valence-electron chi connectivity index (χ4n) is 5.62. The molecule has 0 spiro atoms. The van der Waals surface area contributed by atoms with E-state index >= 15 is 0 Å². The van der Waals surface area contributed by atoms with Gasteiger partial charge in [-0.25, -0.2) is 8.78 Å². The maximum atomic E-state index is 13.5. The lowest BCUT2D eigenvalue weighted by Gasteiger charge is -2.82. The van der Waals surface area contributed by atoms with E-state index in [1.54, 1.807) is 12.1 Å². The second kappa shape index (κ2) is 7.45. The molecule has 31 heavy (non-hydrogen) atoms. The molecule has 3 saturated carbocycles. The molecule has 2 bridgehead atoms. The molecule has 3 aliphatic carbocycles. The largest absolute Gasteiger partial charge is 0.346 e. The van der Waals surface area contributed by atoms with Gasteiger partial charge in [-0.15, -0.1) is 0 Å². The molecule has 0 aliphatic heterocycles. The number of amides is 2. The van der Waals surface area contributed by atoms with Gasteiger partial charge in [-0.3, -0.25) is 9.59 Å². The van der Waals surface area contributed by atoms with E-state index in [1.807, 2.05) is 20.8 Å². The molecule has 2 amide bonds. The Hall–Kier alpha value is -2.18. The van der Waals surface area contributed by atoms with Crippen LogP contribution in [0.3, 0.4) is 0 Å². The van der Waals surface area contributed by atoms with Crippen LogP contribution >= 0.6 is 23.2 Å². The molecule has 4 nitrogen and oxygen atoms in total. The zero-order valence-corrected chi connectivity index (χ0v) is 18.7. The summed E-state index contributed by atoms with van der Waals surface area (Å²) in [7, 11) is 0. The lowest BCUT2D eigenvalue weighted by molar-refractivity contribution is -0.295. The monoisotopic (exact) mass is 466 g/mol. The second-order valence-electron chi connectivity index (χ2n) is 8.70. The van der Waals surface area contributed by atoms with Gasteiger partial charge < -0.3 is 10.6 Å². The van der Waals surface area contributed by atoms with E-state index in [2.05, 4.69) is 10.6 Å². The van der Waals surface area contributed by atoms with E-state index in [-0.39, 0.29) is 46.2 Å². The molecular formula is C23H22Cl2F2N2O2. The summed E-state index contributed by atoms with van der Waals surface area (Å²) in [5, 5.41) is 6.51. The van der Waals surface area contributed by atoms with Crippen LogP contribution in [0.1, 0.15) is 37.6 Å². The summed E-state index contributed by atoms with van der Waals surface area (Å²) in [6.07, 6.45) is 0.668. The van der Waals surface area contributed by atoms with Crippen LogP contribution in [0.5, 0.6) is 0 Å². The summed E-state index contributed by atoms with van der Waals surface area (Å²) in [5.74, 6) is -2.68. The maximum absolute atomic E-state index is 13.5. The average molecular weight is 467 g/mol. The van der Waals surface area contributed by atoms with E-state index in [0.29, 0.717) is 22.0 Å². The van der Waals surface area contributed by atoms with Crippen molar-refractivity contribution in [1.29, 1.82) is 0 Å². The second-order valence-corrected chi connectivity index (χ2v) is 9.51. The van der Waals surface area contributed by atoms with Gasteiger partial charge in [0.1, 0.15) is 0 Å². The van der Waals surface area contributed by atoms with E-state index in [1.165, 1.54) is 12.1 Å². The molecule has 5 rings (SSSR count). The van der Waals surface area contributed by atoms with Gasteiger partial charge >= 0.3 is 0 Å². The molecule has 3 atom stereocenters. The van der Waals surface area contributed by atoms with Crippen molar-refractivity contribution in [2.45, 2.75) is 32.7 Å². The average Bonchev–Trinajstić information content (AvgIpc) is 2.74. The molecule has 3 aliphatic rings. The van der Waals surface area contributed by atoms with Crippen molar-refractivity contribution >= 4 is 40.7 Å². The number of hydrogen-bond acceptors (Lipinski definition) is 2. The zero-order chi connectivity index (χ0) is 22.7. The van der Waals surface area contributed by atoms with Gasteiger partial charge in [0, 0.05) is 28.8 Å². The molecule has 3 fully saturated rings. The first-order chi connectivity index (χ1) is 14.5. The molecule has 2 aromatic rings. The third-order valence-corrected chi connectivity index (χ3v) is 8.41. The number of nitrogens with one attached hydrogen (secondary N) is 2. The Morgan fingerprint density at radius 3 is 2.29 bits per heavy atom. The molecule has 0 aromatic heterocycles. The highest BCUT2D eigenvalue weighted by molar-refractivity contribution is 6.42. The van der Waals surface area contributed by atoms with Crippen LogP contribution in [0.15, 0.2) is 36.4 Å². The Morgan fingerprint density at radius 1 is 1.03 bits per heavy atom. The molecule has 2 N–H and O–H groups in total. The van der Waals surface area contributed by atoms with Crippen molar-refractivity contribution in [2.24, 2.45) is 23.2 Å². The summed E-state index contributed by atoms with van der Waals surface area (Å²) in [6, 6.07) is 8.02. The van der Waals surface area contributed by atoms with E-state index in [4.69, 9.17) is 23.2 Å². The minimum absolute atomic E-state index is 0.0763. The number of benzene rings is 2. The third-order valence-electron chi connectivity index (χ3n) is 7.67. The van der Waals surface area contributed by atoms with Crippen LogP contribution in [0.25, 0.3) is 0 Å². The van der Waals surface area contributed by atoms with Gasteiger partial charge in [0.2, 0.25) is 5.91 Å². The quantitative estimate of drug-likeness (QED) is 0.594. The smallest absolute Gasteiger partial charge is 0.251 e. The number of rotatable bonds is 5. The minimum atomic E-state index is -1.01. The lowest BCUT2D eigenvalue weighted by atomic mass is 9.25. The van der Waals surface area contributed by atoms with Crippen LogP contribution < -0.4 is 10.6 Å². The summed E-state index contributed by atoms with van der Waals surface area (Å²) >= 11 is 12.0. The third kappa shape index (κ3) is 3.14. The SMILES string of the molecule is C[C@H](C(=O)Nc1ccc(F)c(F)c1)C12CC(NC(=O)c3ccc(Cl)c(Cl)c3)([C@@H]1C)[C@@H]2C. The first kappa shape index (κ1) is 22.0. The first-order valence-corrected chi connectivity index (χ1v) is 10.8. The number of anilines is 1. The van der Waals surface area contributed by atoms with E-state index in [0.717, 1.165) is 12.1 Å². The zero-order valence-electron chi connectivity index (χ0n) is 17.2. The Labute approximate surface area is 189 Å². The van der Waals surface area contributed by atoms with E-state index in [9.17, 15) is 18.4 Å². The normalized spacial score (nSPS) is 29.4. The van der Waals surface area contributed by atoms with Crippen molar-refractivity contribution in [1.82, 2.24) is 5.32 Å². The fraction of sp³-hybridized carbons (Fsp3) is 0.391. The van der Waals surface area contributed by atoms with Crippen molar-refractivity contribution < 1.29 is 18.4 Å². The van der Waals surface area contributed by atoms with Crippen LogP contribution in [0.4, 0.5) is 14.5 Å². The molecule has 2 aromatic carbocycles. The Kier molecular flexibility index (Phi) is 5.30. The highest BCUT2D eigenvalue weighted by Gasteiger charge is 2.81. The minimum Gasteiger partial charge on any atom is -0.346 e. The molecule has 8 heteroatoms. The maximum Gasteiger partial charge on any atom is 0.251 e. The van der Waals surface area contributed by atoms with Gasteiger partial charge in [-0.1, -0.05) is 44.0 Å². The van der Waals surface area contributed by atoms with Crippen molar-refractivity contribution in [3.8, 4) is 0 Å². The highest BCUT2D eigenvalue weighted by atomic mass is 35.5. The van der Waals surface area contributed by atoms with Gasteiger partial charge in [0.05, 0.1) is 10.0 Å². The number of carbonyl (C=O) groups is 2. The lowest BCUT2D eigenvalue weighted by Crippen LogP contribution is -2.88. The summed E-state index contributed by atoms with van der Waals surface area (Å²) < 4.78 is 26.6. The van der Waals surface area contributed by atoms with Gasteiger partial charge in [-0.05, 0) is 54.0 Å². The molecular weight excluding hydrogens is 445 g/mol. The number of halogens is 4. The Morgan fingerprint density at radius 2 is 1.71 bits per heavy atom. The van der Waals surface area contributed by atoms with Crippen molar-refractivity contribution in [3.05, 3.63) is 63.6 Å². The molecule has 164 valence electrons. The van der Waals surface area contributed by atoms with Crippen LogP contribution in [-0.4, -0.2) is 17.4 Å². The van der Waals surface area contributed by atoms with Gasteiger partial charge in [-0.2, -0.15) is 0 Å². The Balaban J connectivity index is 1.45. The molecule has 0 unspecified atom stereocenters. The van der Waals surface area contributed by atoms with Crippen LogP contribution in [0.2, 0.25) is 10.0 Å². The van der Waals surface area contributed by atoms with E-state index < -0.39 is 11.6 Å².